The van der Waals surface area contributed by atoms with Crippen LogP contribution in [0.2, 0.25) is 0 Å². The monoisotopic (exact) mass is 448 g/mol. The Kier molecular flexibility index (Phi) is 7.67. The topological polar surface area (TPSA) is 52.6 Å². The molecule has 3 aromatic carbocycles. The molecule has 3 aromatic rings. The number of hydrogen-bond acceptors (Lipinski definition) is 4. The Morgan fingerprint density at radius 2 is 1.25 bits per heavy atom. The van der Waals surface area contributed by atoms with E-state index in [1.54, 1.807) is 48.5 Å². The van der Waals surface area contributed by atoms with Crippen molar-refractivity contribution in [2.75, 3.05) is 0 Å². The number of rotatable bonds is 4. The summed E-state index contributed by atoms with van der Waals surface area (Å²) >= 11 is 0. The van der Waals surface area contributed by atoms with Gasteiger partial charge in [0.05, 0.1) is 11.1 Å². The Hall–Kier alpha value is -2.30. The molecule has 0 bridgehead atoms. The van der Waals surface area contributed by atoms with Crippen molar-refractivity contribution >= 4 is 11.9 Å². The van der Waals surface area contributed by atoms with Gasteiger partial charge in [0.25, 0.3) is 0 Å². The first-order chi connectivity index (χ1) is 12.9. The Morgan fingerprint density at radius 1 is 0.750 bits per heavy atom. The molecule has 0 aliphatic heterocycles. The number of benzene rings is 3. The quantitative estimate of drug-likeness (QED) is 0.326. The maximum atomic E-state index is 12.3. The molecule has 5 heteroatoms. The van der Waals surface area contributed by atoms with Gasteiger partial charge in [-0.15, -0.1) is 12.1 Å². The fraction of sp³-hybridized carbons (Fsp3) is 0.130. The summed E-state index contributed by atoms with van der Waals surface area (Å²) in [6, 6.07) is 19.8. The third-order valence-corrected chi connectivity index (χ3v) is 4.18. The third kappa shape index (κ3) is 5.60. The average molecular weight is 448 g/mol. The number of aryl methyl sites for hydroxylation is 3. The van der Waals surface area contributed by atoms with Gasteiger partial charge in [-0.25, -0.2) is 9.59 Å². The zero-order valence-electron chi connectivity index (χ0n) is 16.0. The number of ether oxygens (including phenoxy) is 2. The molecular formula is C23H19O4Y+2. The van der Waals surface area contributed by atoms with Crippen LogP contribution in [0.25, 0.3) is 0 Å². The van der Waals surface area contributed by atoms with E-state index in [0.29, 0.717) is 22.6 Å². The minimum atomic E-state index is -0.483. The summed E-state index contributed by atoms with van der Waals surface area (Å²) in [7, 11) is 0. The van der Waals surface area contributed by atoms with Crippen molar-refractivity contribution in [3.63, 3.8) is 0 Å². The molecule has 0 unspecified atom stereocenters. The van der Waals surface area contributed by atoms with Crippen molar-refractivity contribution in [3.8, 4) is 11.5 Å². The van der Waals surface area contributed by atoms with Gasteiger partial charge in [0.2, 0.25) is 0 Å². The predicted octanol–water partition coefficient (Wildman–Crippen LogP) is 4.85. The van der Waals surface area contributed by atoms with Crippen LogP contribution in [0.1, 0.15) is 37.4 Å². The second-order valence-corrected chi connectivity index (χ2v) is 6.31. The zero-order chi connectivity index (χ0) is 19.4. The van der Waals surface area contributed by atoms with Crippen LogP contribution >= 0.6 is 0 Å². The van der Waals surface area contributed by atoms with Crippen LogP contribution in [0.5, 0.6) is 11.5 Å². The summed E-state index contributed by atoms with van der Waals surface area (Å²) in [5, 5.41) is 0. The third-order valence-electron chi connectivity index (χ3n) is 4.18. The molecule has 0 aliphatic rings. The first-order valence-electron chi connectivity index (χ1n) is 8.52. The van der Waals surface area contributed by atoms with Crippen molar-refractivity contribution in [2.24, 2.45) is 0 Å². The first kappa shape index (κ1) is 22.0. The van der Waals surface area contributed by atoms with E-state index in [1.165, 1.54) is 0 Å². The SMILES string of the molecule is Cc1ccc(C(=O)Oc2ccc(C(=O)Oc3c[c-]c(C)c(C)c3)cc2)cc1.[Y+3]. The van der Waals surface area contributed by atoms with Crippen LogP contribution in [-0.2, 0) is 32.7 Å². The Morgan fingerprint density at radius 3 is 1.79 bits per heavy atom. The molecular weight excluding hydrogens is 429 g/mol. The van der Waals surface area contributed by atoms with E-state index in [-0.39, 0.29) is 32.7 Å². The van der Waals surface area contributed by atoms with Gasteiger partial charge in [0.1, 0.15) is 5.75 Å². The van der Waals surface area contributed by atoms with Crippen LogP contribution in [-0.4, -0.2) is 11.9 Å². The van der Waals surface area contributed by atoms with Gasteiger partial charge >= 0.3 is 44.6 Å². The Labute approximate surface area is 189 Å². The summed E-state index contributed by atoms with van der Waals surface area (Å²) in [5.74, 6) is -0.131. The van der Waals surface area contributed by atoms with Crippen LogP contribution in [0, 0.1) is 26.8 Å². The Balaban J connectivity index is 0.00000280. The minimum absolute atomic E-state index is 0. The molecule has 136 valence electrons. The van der Waals surface area contributed by atoms with E-state index in [2.05, 4.69) is 6.07 Å². The molecule has 0 fully saturated rings. The van der Waals surface area contributed by atoms with Gasteiger partial charge in [-0.3, -0.25) is 0 Å². The average Bonchev–Trinajstić information content (AvgIpc) is 2.66. The van der Waals surface area contributed by atoms with E-state index < -0.39 is 11.9 Å². The van der Waals surface area contributed by atoms with Crippen molar-refractivity contribution in [1.29, 1.82) is 0 Å². The maximum absolute atomic E-state index is 12.3. The number of carbonyl (C=O) groups is 2. The van der Waals surface area contributed by atoms with E-state index >= 15 is 0 Å². The van der Waals surface area contributed by atoms with Gasteiger partial charge in [0, 0.05) is 5.75 Å². The summed E-state index contributed by atoms with van der Waals surface area (Å²) in [5.41, 5.74) is 3.91. The molecule has 0 N–H and O–H groups in total. The fourth-order valence-electron chi connectivity index (χ4n) is 2.40. The van der Waals surface area contributed by atoms with Crippen molar-refractivity contribution in [2.45, 2.75) is 20.8 Å². The molecule has 0 saturated heterocycles. The minimum Gasteiger partial charge on any atom is -0.487 e. The van der Waals surface area contributed by atoms with E-state index in [1.807, 2.05) is 32.9 Å². The van der Waals surface area contributed by atoms with E-state index in [4.69, 9.17) is 9.47 Å². The second-order valence-electron chi connectivity index (χ2n) is 6.31. The normalized spacial score (nSPS) is 9.96. The summed E-state index contributed by atoms with van der Waals surface area (Å²) in [6.45, 7) is 5.82. The molecule has 0 saturated carbocycles. The molecule has 0 aromatic heterocycles. The smallest absolute Gasteiger partial charge is 0.487 e. The van der Waals surface area contributed by atoms with Gasteiger partial charge < -0.3 is 9.47 Å². The van der Waals surface area contributed by atoms with Crippen molar-refractivity contribution in [1.82, 2.24) is 0 Å². The molecule has 4 nitrogen and oxygen atoms in total. The first-order valence-corrected chi connectivity index (χ1v) is 8.52. The maximum Gasteiger partial charge on any atom is 3.00 e. The van der Waals surface area contributed by atoms with Gasteiger partial charge in [-0.05, 0) is 43.3 Å². The van der Waals surface area contributed by atoms with Crippen LogP contribution in [0.4, 0.5) is 0 Å². The molecule has 3 rings (SSSR count). The number of carbonyl (C=O) groups excluding carboxylic acids is 2. The standard InChI is InChI=1S/C23H19O4.Y/c1-15-4-7-18(8-5-15)22(24)26-20-12-9-19(10-13-20)23(25)27-21-11-6-16(2)17(3)14-21;/h4-5,7-14H,1-3H3;/q-1;+3. The van der Waals surface area contributed by atoms with Gasteiger partial charge in [-0.1, -0.05) is 31.5 Å². The predicted molar refractivity (Wildman–Crippen MR) is 102 cm³/mol. The number of esters is 2. The molecule has 28 heavy (non-hydrogen) atoms. The van der Waals surface area contributed by atoms with Crippen LogP contribution in [0.3, 0.4) is 0 Å². The van der Waals surface area contributed by atoms with Gasteiger partial charge in [0.15, 0.2) is 0 Å². The van der Waals surface area contributed by atoms with E-state index in [9.17, 15) is 9.59 Å². The Bertz CT molecular complexity index is 976. The van der Waals surface area contributed by atoms with Crippen LogP contribution < -0.4 is 9.47 Å². The molecule has 0 aliphatic carbocycles. The fourth-order valence-corrected chi connectivity index (χ4v) is 2.40. The molecule has 0 radical (unpaired) electrons. The van der Waals surface area contributed by atoms with Gasteiger partial charge in [-0.2, -0.15) is 17.2 Å². The number of hydrogen-bond donors (Lipinski definition) is 0. The largest absolute Gasteiger partial charge is 3.00 e. The van der Waals surface area contributed by atoms with Crippen molar-refractivity contribution in [3.05, 3.63) is 94.5 Å². The summed E-state index contributed by atoms with van der Waals surface area (Å²) in [6.07, 6.45) is 0. The molecule has 0 heterocycles. The second kappa shape index (κ2) is 9.76. The zero-order valence-corrected chi connectivity index (χ0v) is 18.8. The summed E-state index contributed by atoms with van der Waals surface area (Å²) in [4.78, 5) is 24.4. The van der Waals surface area contributed by atoms with E-state index in [0.717, 1.165) is 16.7 Å². The molecule has 0 atom stereocenters. The molecule has 0 spiro atoms. The molecule has 0 amide bonds. The van der Waals surface area contributed by atoms with Crippen LogP contribution in [0.15, 0.2) is 60.7 Å². The summed E-state index contributed by atoms with van der Waals surface area (Å²) < 4.78 is 10.7. The van der Waals surface area contributed by atoms with Crippen molar-refractivity contribution < 1.29 is 51.8 Å².